The molecule has 0 radical (unpaired) electrons. The van der Waals surface area contributed by atoms with Crippen LogP contribution in [0, 0.1) is 0 Å². The second-order valence-electron chi connectivity index (χ2n) is 2.69. The third-order valence-electron chi connectivity index (χ3n) is 1.53. The Balaban J connectivity index is 2.71. The number of benzene rings is 1. The van der Waals surface area contributed by atoms with Crippen LogP contribution in [-0.4, -0.2) is 26.0 Å². The van der Waals surface area contributed by atoms with Crippen LogP contribution in [-0.2, 0) is 11.8 Å². The van der Waals surface area contributed by atoms with Gasteiger partial charge >= 0.3 is 112 Å². The van der Waals surface area contributed by atoms with Crippen molar-refractivity contribution in [2.24, 2.45) is 0 Å². The zero-order chi connectivity index (χ0) is 11.1. The van der Waals surface area contributed by atoms with E-state index in [1.165, 1.54) is 4.46 Å². The molecule has 0 atom stereocenters. The molecule has 0 aliphatic heterocycles. The molecule has 0 bridgehead atoms. The first kappa shape index (κ1) is 14.2. The summed E-state index contributed by atoms with van der Waals surface area (Å²) in [6.45, 7) is 4.42. The van der Waals surface area contributed by atoms with Gasteiger partial charge in [0.25, 0.3) is 0 Å². The Morgan fingerprint density at radius 1 is 1.13 bits per heavy atom. The van der Waals surface area contributed by atoms with Gasteiger partial charge in [-0.2, -0.15) is 0 Å². The summed E-state index contributed by atoms with van der Waals surface area (Å²) >= 11 is 10.4. The molecule has 84 valence electrons. The first-order chi connectivity index (χ1) is 7.20. The molecule has 15 heavy (non-hydrogen) atoms. The van der Waals surface area contributed by atoms with Crippen molar-refractivity contribution >= 4 is 56.7 Å². The summed E-state index contributed by atoms with van der Waals surface area (Å²) in [5.74, 6) is 2.30. The molecule has 0 aromatic heterocycles. The summed E-state index contributed by atoms with van der Waals surface area (Å²) in [5, 5.41) is 0. The molecular weight excluding hydrogens is 326 g/mol. The van der Waals surface area contributed by atoms with Crippen molar-refractivity contribution in [3.8, 4) is 0 Å². The third-order valence-corrected chi connectivity index (χ3v) is 21.1. The fraction of sp³-hybridized carbons (Fsp3) is 0.400. The molecule has 0 unspecified atom stereocenters. The van der Waals surface area contributed by atoms with E-state index in [-0.39, 0.29) is 0 Å². The van der Waals surface area contributed by atoms with Gasteiger partial charge in [0.05, 0.1) is 0 Å². The van der Waals surface area contributed by atoms with Crippen LogP contribution in [0.2, 0.25) is 0 Å². The molecule has 0 N–H and O–H groups in total. The van der Waals surface area contributed by atoms with Gasteiger partial charge in [-0.1, -0.05) is 0 Å². The standard InChI is InChI=1S/C10H15PS3Se/c1-3-13-11(12,14-4-2)15-10-8-6-5-7-9-10/h5-9H,3-4H2,1-2H3. The van der Waals surface area contributed by atoms with Crippen molar-refractivity contribution in [2.45, 2.75) is 13.8 Å². The molecular formula is C10H15PS3Se. The van der Waals surface area contributed by atoms with Crippen molar-refractivity contribution in [1.82, 2.24) is 0 Å². The summed E-state index contributed by atoms with van der Waals surface area (Å²) in [4.78, 5) is 0. The van der Waals surface area contributed by atoms with Gasteiger partial charge in [0.2, 0.25) is 0 Å². The Morgan fingerprint density at radius 2 is 1.67 bits per heavy atom. The second-order valence-corrected chi connectivity index (χ2v) is 24.3. The van der Waals surface area contributed by atoms with E-state index in [2.05, 4.69) is 44.2 Å². The first-order valence-corrected chi connectivity index (χ1v) is 13.9. The normalized spacial score (nSPS) is 11.6. The summed E-state index contributed by atoms with van der Waals surface area (Å²) in [6.07, 6.45) is 0. The van der Waals surface area contributed by atoms with Gasteiger partial charge in [0.1, 0.15) is 0 Å². The van der Waals surface area contributed by atoms with Gasteiger partial charge in [0, 0.05) is 0 Å². The Hall–Kier alpha value is 1.09. The maximum atomic E-state index is 5.85. The average molecular weight is 341 g/mol. The van der Waals surface area contributed by atoms with E-state index >= 15 is 0 Å². The number of hydrogen-bond donors (Lipinski definition) is 0. The molecule has 0 amide bonds. The van der Waals surface area contributed by atoms with Gasteiger partial charge in [-0.25, -0.2) is 0 Å². The summed E-state index contributed by atoms with van der Waals surface area (Å²) in [5.41, 5.74) is 0. The molecule has 5 heteroatoms. The molecule has 0 spiro atoms. The summed E-state index contributed by atoms with van der Waals surface area (Å²) in [7, 11) is 0. The van der Waals surface area contributed by atoms with Gasteiger partial charge in [-0.3, -0.25) is 0 Å². The summed E-state index contributed by atoms with van der Waals surface area (Å²) < 4.78 is 0.242. The van der Waals surface area contributed by atoms with Gasteiger partial charge in [-0.15, -0.1) is 0 Å². The fourth-order valence-electron chi connectivity index (χ4n) is 1.02. The monoisotopic (exact) mass is 342 g/mol. The van der Waals surface area contributed by atoms with Crippen LogP contribution in [0.5, 0.6) is 0 Å². The average Bonchev–Trinajstić information content (AvgIpc) is 2.19. The van der Waals surface area contributed by atoms with Crippen molar-refractivity contribution < 1.29 is 0 Å². The van der Waals surface area contributed by atoms with Gasteiger partial charge < -0.3 is 0 Å². The van der Waals surface area contributed by atoms with E-state index in [4.69, 9.17) is 11.8 Å². The van der Waals surface area contributed by atoms with Crippen LogP contribution in [0.15, 0.2) is 30.3 Å². The second kappa shape index (κ2) is 7.42. The zero-order valence-electron chi connectivity index (χ0n) is 8.88. The number of hydrogen-bond acceptors (Lipinski definition) is 3. The molecule has 0 aliphatic carbocycles. The third kappa shape index (κ3) is 5.30. The van der Waals surface area contributed by atoms with Crippen LogP contribution in [0.1, 0.15) is 13.8 Å². The van der Waals surface area contributed by atoms with E-state index < -0.39 is 3.13 Å². The molecule has 1 rings (SSSR count). The predicted molar refractivity (Wildman–Crippen MR) is 82.4 cm³/mol. The molecule has 1 aromatic rings. The zero-order valence-corrected chi connectivity index (χ0v) is 13.9. The molecule has 1 aromatic carbocycles. The molecule has 0 nitrogen and oxygen atoms in total. The van der Waals surface area contributed by atoms with Crippen molar-refractivity contribution in [2.75, 3.05) is 11.5 Å². The fourth-order valence-corrected chi connectivity index (χ4v) is 21.8. The van der Waals surface area contributed by atoms with Crippen molar-refractivity contribution in [1.29, 1.82) is 0 Å². The minimum atomic E-state index is -1.21. The van der Waals surface area contributed by atoms with E-state index in [1.54, 1.807) is 0 Å². The molecule has 0 saturated heterocycles. The Bertz CT molecular complexity index is 319. The van der Waals surface area contributed by atoms with E-state index in [0.29, 0.717) is 14.5 Å². The van der Waals surface area contributed by atoms with Gasteiger partial charge in [0.15, 0.2) is 0 Å². The summed E-state index contributed by atoms with van der Waals surface area (Å²) in [6, 6.07) is 10.7. The Labute approximate surface area is 112 Å². The van der Waals surface area contributed by atoms with E-state index in [0.717, 1.165) is 11.5 Å². The molecule has 0 aliphatic rings. The van der Waals surface area contributed by atoms with Crippen molar-refractivity contribution in [3.05, 3.63) is 30.3 Å². The molecule has 0 fully saturated rings. The van der Waals surface area contributed by atoms with Crippen LogP contribution in [0.25, 0.3) is 0 Å². The Kier molecular flexibility index (Phi) is 7.00. The first-order valence-electron chi connectivity index (χ1n) is 4.84. The van der Waals surface area contributed by atoms with Crippen LogP contribution in [0.4, 0.5) is 0 Å². The van der Waals surface area contributed by atoms with Gasteiger partial charge in [-0.05, 0) is 0 Å². The molecule has 0 heterocycles. The molecule has 0 saturated carbocycles. The number of rotatable bonds is 6. The SMILES string of the molecule is CCSP(=S)(SCC)[Se]c1ccccc1. The van der Waals surface area contributed by atoms with Crippen LogP contribution < -0.4 is 4.46 Å². The quantitative estimate of drug-likeness (QED) is 0.571. The van der Waals surface area contributed by atoms with Crippen LogP contribution in [0.3, 0.4) is 0 Å². The predicted octanol–water partition coefficient (Wildman–Crippen LogP) is 3.75. The van der Waals surface area contributed by atoms with Crippen molar-refractivity contribution in [3.63, 3.8) is 0 Å². The van der Waals surface area contributed by atoms with Crippen LogP contribution >= 0.6 is 25.9 Å². The maximum absolute atomic E-state index is 5.85. The van der Waals surface area contributed by atoms with E-state index in [1.807, 2.05) is 22.8 Å². The Morgan fingerprint density at radius 3 is 2.13 bits per heavy atom. The topological polar surface area (TPSA) is 0 Å². The van der Waals surface area contributed by atoms with E-state index in [9.17, 15) is 0 Å². The minimum absolute atomic E-state index is 0.477.